The number of anilines is 1. The molecule has 2 aromatic heterocycles. The number of nitrogens with zero attached hydrogens (tertiary/aromatic N) is 5. The lowest BCUT2D eigenvalue weighted by Crippen LogP contribution is -2.36. The van der Waals surface area contributed by atoms with Crippen LogP contribution in [-0.2, 0) is 0 Å². The summed E-state index contributed by atoms with van der Waals surface area (Å²) in [7, 11) is 0. The maximum atomic E-state index is 14.7. The Balaban J connectivity index is 1.85. The third-order valence-corrected chi connectivity index (χ3v) is 5.05. The van der Waals surface area contributed by atoms with Crippen molar-refractivity contribution in [1.29, 1.82) is 0 Å². The first-order valence-electron chi connectivity index (χ1n) is 9.74. The van der Waals surface area contributed by atoms with Gasteiger partial charge < -0.3 is 5.32 Å². The van der Waals surface area contributed by atoms with Crippen molar-refractivity contribution >= 4 is 17.0 Å². The average Bonchev–Trinajstić information content (AvgIpc) is 3.28. The van der Waals surface area contributed by atoms with E-state index in [0.29, 0.717) is 22.2 Å². The lowest BCUT2D eigenvalue weighted by atomic mass is 10.0. The van der Waals surface area contributed by atoms with Gasteiger partial charge in [0.05, 0.1) is 5.69 Å². The van der Waals surface area contributed by atoms with Crippen molar-refractivity contribution in [2.45, 2.75) is 13.2 Å². The number of hydrazine groups is 1. The summed E-state index contributed by atoms with van der Waals surface area (Å²) < 4.78 is 43.9. The lowest BCUT2D eigenvalue weighted by Gasteiger charge is -2.16. The van der Waals surface area contributed by atoms with Crippen molar-refractivity contribution in [3.05, 3.63) is 81.9 Å². The van der Waals surface area contributed by atoms with Gasteiger partial charge in [-0.2, -0.15) is 10.4 Å². The molecule has 0 bridgehead atoms. The van der Waals surface area contributed by atoms with Crippen molar-refractivity contribution in [3.8, 4) is 16.9 Å². The highest BCUT2D eigenvalue weighted by Gasteiger charge is 2.21. The third kappa shape index (κ3) is 3.65. The zero-order valence-corrected chi connectivity index (χ0v) is 17.0. The average molecular weight is 452 g/mol. The van der Waals surface area contributed by atoms with Gasteiger partial charge in [-0.3, -0.25) is 9.36 Å². The molecule has 1 atom stereocenters. The second kappa shape index (κ2) is 7.98. The van der Waals surface area contributed by atoms with Gasteiger partial charge in [-0.05, 0) is 48.9 Å². The summed E-state index contributed by atoms with van der Waals surface area (Å²) in [6, 6.07) is 10.1. The maximum Gasteiger partial charge on any atom is 0.256 e. The minimum Gasteiger partial charge on any atom is -0.317 e. The fourth-order valence-corrected chi connectivity index (χ4v) is 3.59. The number of aryl methyl sites for hydroxylation is 1. The van der Waals surface area contributed by atoms with Crippen LogP contribution in [0.4, 0.5) is 19.1 Å². The Hall–Kier alpha value is -4.32. The van der Waals surface area contributed by atoms with E-state index in [4.69, 9.17) is 0 Å². The first-order valence-corrected chi connectivity index (χ1v) is 9.74. The monoisotopic (exact) mass is 452 g/mol. The van der Waals surface area contributed by atoms with Gasteiger partial charge in [-0.15, -0.1) is 5.11 Å². The second-order valence-electron chi connectivity index (χ2n) is 7.19. The van der Waals surface area contributed by atoms with E-state index in [1.807, 2.05) is 0 Å². The molecule has 0 aliphatic carbocycles. The second-order valence-corrected chi connectivity index (χ2v) is 7.19. The molecule has 12 heteroatoms. The molecular weight excluding hydrogens is 437 g/mol. The van der Waals surface area contributed by atoms with Crippen molar-refractivity contribution in [3.63, 3.8) is 0 Å². The molecule has 2 aromatic carbocycles. The molecular formula is C21H15F3N8O. The molecule has 3 heterocycles. The third-order valence-electron chi connectivity index (χ3n) is 5.05. The highest BCUT2D eigenvalue weighted by Crippen LogP contribution is 2.31. The topological polar surface area (TPSA) is 109 Å². The molecule has 4 aromatic rings. The van der Waals surface area contributed by atoms with Gasteiger partial charge in [0.15, 0.2) is 5.65 Å². The van der Waals surface area contributed by atoms with Gasteiger partial charge in [-0.1, -0.05) is 11.3 Å². The molecule has 0 radical (unpaired) electrons. The minimum absolute atomic E-state index is 0.00234. The first kappa shape index (κ1) is 20.6. The minimum atomic E-state index is -0.937. The van der Waals surface area contributed by atoms with Crippen molar-refractivity contribution < 1.29 is 13.2 Å². The number of hydrogen-bond acceptors (Lipinski definition) is 8. The smallest absolute Gasteiger partial charge is 0.256 e. The maximum absolute atomic E-state index is 14.7. The number of rotatable bonds is 4. The van der Waals surface area contributed by atoms with Gasteiger partial charge >= 0.3 is 0 Å². The Labute approximate surface area is 184 Å². The number of pyridine rings is 1. The predicted molar refractivity (Wildman–Crippen MR) is 114 cm³/mol. The Morgan fingerprint density at radius 1 is 1.03 bits per heavy atom. The Bertz CT molecular complexity index is 1470. The van der Waals surface area contributed by atoms with Gasteiger partial charge in [0.1, 0.15) is 23.1 Å². The summed E-state index contributed by atoms with van der Waals surface area (Å²) in [5, 5.41) is 10.6. The molecule has 0 saturated carbocycles. The zero-order chi connectivity index (χ0) is 23.1. The van der Waals surface area contributed by atoms with Crippen molar-refractivity contribution in [2.24, 2.45) is 10.3 Å². The van der Waals surface area contributed by atoms with E-state index in [-0.39, 0.29) is 11.6 Å². The number of hydrogen-bond donors (Lipinski definition) is 3. The van der Waals surface area contributed by atoms with E-state index < -0.39 is 35.0 Å². The standard InChI is InChI=1S/C21H15F3N8O/c1-10-9-11(22)5-6-12(10)17-13-7-8-16(33)32(18-14(23)3-2-4-15(18)24)19(13)26-20(25-17)27-21-28-30-31-29-21/h2-9,21H,1H3,(H,28,31)(H,29,30)(H,25,26,27). The number of halogens is 3. The molecule has 9 nitrogen and oxygen atoms in total. The summed E-state index contributed by atoms with van der Waals surface area (Å²) >= 11 is 0. The normalized spacial score (nSPS) is 15.1. The van der Waals surface area contributed by atoms with Crippen LogP contribution in [0.1, 0.15) is 5.56 Å². The van der Waals surface area contributed by atoms with E-state index in [9.17, 15) is 18.0 Å². The van der Waals surface area contributed by atoms with E-state index in [0.717, 1.165) is 16.7 Å². The van der Waals surface area contributed by atoms with Crippen LogP contribution in [0, 0.1) is 24.4 Å². The summed E-state index contributed by atoms with van der Waals surface area (Å²) in [6.07, 6.45) is -0.737. The zero-order valence-electron chi connectivity index (χ0n) is 17.0. The van der Waals surface area contributed by atoms with Crippen LogP contribution in [0.15, 0.2) is 63.7 Å². The fraction of sp³-hybridized carbons (Fsp3) is 0.0952. The van der Waals surface area contributed by atoms with E-state index in [1.165, 1.54) is 36.4 Å². The van der Waals surface area contributed by atoms with Gasteiger partial charge in [0.2, 0.25) is 12.2 Å². The van der Waals surface area contributed by atoms with Crippen molar-refractivity contribution in [2.75, 3.05) is 5.32 Å². The van der Waals surface area contributed by atoms with E-state index >= 15 is 0 Å². The van der Waals surface area contributed by atoms with E-state index in [1.54, 1.807) is 6.92 Å². The summed E-state index contributed by atoms with van der Waals surface area (Å²) in [6.45, 7) is 1.70. The Morgan fingerprint density at radius 3 is 2.52 bits per heavy atom. The van der Waals surface area contributed by atoms with Crippen LogP contribution in [0.25, 0.3) is 28.0 Å². The molecule has 0 amide bonds. The van der Waals surface area contributed by atoms with Crippen LogP contribution < -0.4 is 21.8 Å². The number of fused-ring (bicyclic) bond motifs is 1. The molecule has 1 unspecified atom stereocenters. The van der Waals surface area contributed by atoms with Crippen molar-refractivity contribution in [1.82, 2.24) is 25.5 Å². The SMILES string of the molecule is Cc1cc(F)ccc1-c1nc(NC2N=NNN2)nc2c1ccc(=O)n2-c1c(F)cccc1F. The van der Waals surface area contributed by atoms with Gasteiger partial charge in [-0.25, -0.2) is 23.7 Å². The molecule has 166 valence electrons. The molecule has 0 fully saturated rings. The quantitative estimate of drug-likeness (QED) is 0.438. The summed E-state index contributed by atoms with van der Waals surface area (Å²) in [5.74, 6) is -2.31. The van der Waals surface area contributed by atoms with Crippen LogP contribution in [0.3, 0.4) is 0 Å². The van der Waals surface area contributed by atoms with Crippen LogP contribution >= 0.6 is 0 Å². The predicted octanol–water partition coefficient (Wildman–Crippen LogP) is 3.34. The highest BCUT2D eigenvalue weighted by atomic mass is 19.1. The molecule has 3 N–H and O–H groups in total. The summed E-state index contributed by atoms with van der Waals surface area (Å²) in [4.78, 5) is 21.7. The van der Waals surface area contributed by atoms with Gasteiger partial charge in [0.25, 0.3) is 5.56 Å². The van der Waals surface area contributed by atoms with Gasteiger partial charge in [0, 0.05) is 17.0 Å². The van der Waals surface area contributed by atoms with E-state index in [2.05, 4.69) is 36.6 Å². The Kier molecular flexibility index (Phi) is 4.98. The first-order chi connectivity index (χ1) is 15.9. The largest absolute Gasteiger partial charge is 0.317 e. The lowest BCUT2D eigenvalue weighted by molar-refractivity contribution is 0.567. The fourth-order valence-electron chi connectivity index (χ4n) is 3.59. The van der Waals surface area contributed by atoms with Crippen LogP contribution in [-0.4, -0.2) is 20.8 Å². The number of aromatic nitrogens is 3. The Morgan fingerprint density at radius 2 is 1.82 bits per heavy atom. The molecule has 1 aliphatic heterocycles. The molecule has 1 aliphatic rings. The van der Waals surface area contributed by atoms with Crippen LogP contribution in [0.5, 0.6) is 0 Å². The number of benzene rings is 2. The molecule has 0 saturated heterocycles. The molecule has 5 rings (SSSR count). The van der Waals surface area contributed by atoms with Crippen LogP contribution in [0.2, 0.25) is 0 Å². The number of nitrogens with one attached hydrogen (secondary N) is 3. The molecule has 0 spiro atoms. The highest BCUT2D eigenvalue weighted by molar-refractivity contribution is 5.93. The summed E-state index contributed by atoms with van der Waals surface area (Å²) in [5.41, 5.74) is 5.27. The number of para-hydroxylation sites is 1. The molecule has 33 heavy (non-hydrogen) atoms.